The van der Waals surface area contributed by atoms with Crippen LogP contribution in [0.3, 0.4) is 0 Å². The molecule has 0 heterocycles. The second-order valence-electron chi connectivity index (χ2n) is 3.72. The summed E-state index contributed by atoms with van der Waals surface area (Å²) in [5.74, 6) is 0.314. The molecule has 0 bridgehead atoms. The lowest BCUT2D eigenvalue weighted by molar-refractivity contribution is 0.138. The zero-order valence-electron chi connectivity index (χ0n) is 10.0. The fourth-order valence-electron chi connectivity index (χ4n) is 0.834. The van der Waals surface area contributed by atoms with Crippen LogP contribution in [-0.2, 0) is 9.47 Å². The van der Waals surface area contributed by atoms with Crippen molar-refractivity contribution in [1.82, 2.24) is 10.6 Å². The molecule has 0 saturated carbocycles. The fraction of sp³-hybridized carbons (Fsp3) is 0.800. The lowest BCUT2D eigenvalue weighted by atomic mass is 10.2. The molecule has 0 aliphatic carbocycles. The molecule has 1 amide bonds. The number of carbonyl (C=O) groups is 1. The second-order valence-corrected chi connectivity index (χ2v) is 4.13. The summed E-state index contributed by atoms with van der Waals surface area (Å²) >= 11 is 4.90. The van der Waals surface area contributed by atoms with Gasteiger partial charge in [-0.15, -0.1) is 0 Å². The molecule has 16 heavy (non-hydrogen) atoms. The molecule has 6 heteroatoms. The van der Waals surface area contributed by atoms with Gasteiger partial charge in [0.15, 0.2) is 5.11 Å². The number of nitrogens with one attached hydrogen (secondary N) is 2. The maximum atomic E-state index is 11.2. The van der Waals surface area contributed by atoms with Crippen molar-refractivity contribution in [2.24, 2.45) is 5.92 Å². The third kappa shape index (κ3) is 9.67. The van der Waals surface area contributed by atoms with Crippen molar-refractivity contribution in [2.45, 2.75) is 20.3 Å². The summed E-state index contributed by atoms with van der Waals surface area (Å²) in [6.45, 7) is 5.64. The number of alkyl carbamates (subject to hydrolysis) is 1. The van der Waals surface area contributed by atoms with E-state index in [1.807, 2.05) is 13.8 Å². The molecule has 5 nitrogen and oxygen atoms in total. The molecule has 0 aromatic heterocycles. The highest BCUT2D eigenvalue weighted by atomic mass is 32.1. The van der Waals surface area contributed by atoms with Crippen LogP contribution in [0.1, 0.15) is 20.3 Å². The Balaban J connectivity index is 3.51. The number of ether oxygens (including phenoxy) is 2. The van der Waals surface area contributed by atoms with Crippen molar-refractivity contribution in [3.8, 4) is 0 Å². The highest BCUT2D eigenvalue weighted by molar-refractivity contribution is 7.80. The van der Waals surface area contributed by atoms with Gasteiger partial charge in [0, 0.05) is 20.3 Å². The summed E-state index contributed by atoms with van der Waals surface area (Å²) in [4.78, 5) is 11.2. The van der Waals surface area contributed by atoms with E-state index < -0.39 is 6.09 Å². The second kappa shape index (κ2) is 9.35. The van der Waals surface area contributed by atoms with Crippen LogP contribution in [-0.4, -0.2) is 38.1 Å². The molecule has 0 aliphatic heterocycles. The number of hydrogen-bond donors (Lipinski definition) is 2. The Morgan fingerprint density at radius 2 is 2.12 bits per heavy atom. The van der Waals surface area contributed by atoms with Crippen molar-refractivity contribution in [2.75, 3.05) is 26.9 Å². The lowest BCUT2D eigenvalue weighted by Crippen LogP contribution is -2.40. The van der Waals surface area contributed by atoms with Gasteiger partial charge in [-0.1, -0.05) is 13.8 Å². The molecular formula is C10H20N2O3S. The molecule has 0 aromatic rings. The average Bonchev–Trinajstić information content (AvgIpc) is 2.21. The van der Waals surface area contributed by atoms with Gasteiger partial charge in [-0.2, -0.15) is 0 Å². The predicted molar refractivity (Wildman–Crippen MR) is 66.4 cm³/mol. The number of rotatable bonds is 6. The summed E-state index contributed by atoms with van der Waals surface area (Å²) in [6.07, 6.45) is 0.317. The van der Waals surface area contributed by atoms with E-state index in [0.717, 1.165) is 6.42 Å². The Morgan fingerprint density at radius 3 is 2.69 bits per heavy atom. The Bertz CT molecular complexity index is 222. The maximum absolute atomic E-state index is 11.2. The van der Waals surface area contributed by atoms with E-state index in [1.165, 1.54) is 0 Å². The molecular weight excluding hydrogens is 228 g/mol. The Hall–Kier alpha value is -0.880. The van der Waals surface area contributed by atoms with Crippen LogP contribution in [0.5, 0.6) is 0 Å². The average molecular weight is 248 g/mol. The minimum absolute atomic E-state index is 0.282. The molecule has 0 rings (SSSR count). The van der Waals surface area contributed by atoms with E-state index in [1.54, 1.807) is 7.11 Å². The molecule has 0 unspecified atom stereocenters. The molecule has 2 N–H and O–H groups in total. The molecule has 0 spiro atoms. The Labute approximate surface area is 102 Å². The van der Waals surface area contributed by atoms with Gasteiger partial charge >= 0.3 is 6.09 Å². The third-order valence-corrected chi connectivity index (χ3v) is 1.82. The highest BCUT2D eigenvalue weighted by Gasteiger charge is 2.05. The summed E-state index contributed by atoms with van der Waals surface area (Å²) in [5, 5.41) is 5.59. The number of thiocarbonyl (C=S) groups is 1. The van der Waals surface area contributed by atoms with Crippen LogP contribution >= 0.6 is 12.2 Å². The molecule has 0 aliphatic rings. The molecule has 0 atom stereocenters. The van der Waals surface area contributed by atoms with Crippen LogP contribution in [0, 0.1) is 5.92 Å². The van der Waals surface area contributed by atoms with Gasteiger partial charge in [-0.3, -0.25) is 5.32 Å². The van der Waals surface area contributed by atoms with E-state index in [4.69, 9.17) is 21.7 Å². The fourth-order valence-corrected chi connectivity index (χ4v) is 1.02. The smallest absolute Gasteiger partial charge is 0.413 e. The topological polar surface area (TPSA) is 59.6 Å². The Kier molecular flexibility index (Phi) is 8.84. The minimum atomic E-state index is -0.516. The van der Waals surface area contributed by atoms with E-state index in [-0.39, 0.29) is 5.11 Å². The maximum Gasteiger partial charge on any atom is 0.413 e. The van der Waals surface area contributed by atoms with Crippen molar-refractivity contribution in [1.29, 1.82) is 0 Å². The number of methoxy groups -OCH3 is 1. The van der Waals surface area contributed by atoms with Crippen molar-refractivity contribution in [3.05, 3.63) is 0 Å². The van der Waals surface area contributed by atoms with Crippen LogP contribution in [0.4, 0.5) is 4.79 Å². The quantitative estimate of drug-likeness (QED) is 0.548. The van der Waals surface area contributed by atoms with E-state index in [9.17, 15) is 4.79 Å². The van der Waals surface area contributed by atoms with Gasteiger partial charge in [0.2, 0.25) is 0 Å². The summed E-state index contributed by atoms with van der Waals surface area (Å²) in [6, 6.07) is 0. The Morgan fingerprint density at radius 1 is 1.44 bits per heavy atom. The van der Waals surface area contributed by atoms with E-state index in [2.05, 4.69) is 10.6 Å². The van der Waals surface area contributed by atoms with Crippen molar-refractivity contribution >= 4 is 23.4 Å². The first kappa shape index (κ1) is 15.1. The van der Waals surface area contributed by atoms with Crippen LogP contribution in [0.15, 0.2) is 0 Å². The first-order valence-corrected chi connectivity index (χ1v) is 5.67. The van der Waals surface area contributed by atoms with E-state index >= 15 is 0 Å². The summed E-state index contributed by atoms with van der Waals surface area (Å²) in [5.41, 5.74) is 0. The largest absolute Gasteiger partial charge is 0.449 e. The SMILES string of the molecule is COCCCNC(=S)NC(=O)OCC(C)C. The van der Waals surface area contributed by atoms with Gasteiger partial charge in [0.1, 0.15) is 0 Å². The summed E-state index contributed by atoms with van der Waals surface area (Å²) < 4.78 is 9.77. The minimum Gasteiger partial charge on any atom is -0.449 e. The van der Waals surface area contributed by atoms with Gasteiger partial charge in [0.25, 0.3) is 0 Å². The van der Waals surface area contributed by atoms with Crippen molar-refractivity contribution < 1.29 is 14.3 Å². The highest BCUT2D eigenvalue weighted by Crippen LogP contribution is 1.92. The van der Waals surface area contributed by atoms with Gasteiger partial charge < -0.3 is 14.8 Å². The first-order chi connectivity index (χ1) is 7.56. The van der Waals surface area contributed by atoms with Gasteiger partial charge in [-0.05, 0) is 24.6 Å². The number of amides is 1. The van der Waals surface area contributed by atoms with Gasteiger partial charge in [-0.25, -0.2) is 4.79 Å². The first-order valence-electron chi connectivity index (χ1n) is 5.26. The monoisotopic (exact) mass is 248 g/mol. The standard InChI is InChI=1S/C10H20N2O3S/c1-8(2)7-15-10(13)12-9(16)11-5-4-6-14-3/h8H,4-7H2,1-3H3,(H2,11,12,13,16). The van der Waals surface area contributed by atoms with Crippen LogP contribution in [0.25, 0.3) is 0 Å². The molecule has 0 aromatic carbocycles. The zero-order chi connectivity index (χ0) is 12.4. The van der Waals surface area contributed by atoms with E-state index in [0.29, 0.717) is 25.7 Å². The lowest BCUT2D eigenvalue weighted by Gasteiger charge is -2.10. The van der Waals surface area contributed by atoms with Crippen LogP contribution < -0.4 is 10.6 Å². The van der Waals surface area contributed by atoms with Crippen LogP contribution in [0.2, 0.25) is 0 Å². The number of carbonyl (C=O) groups excluding carboxylic acids is 1. The number of hydrogen-bond acceptors (Lipinski definition) is 4. The molecule has 94 valence electrons. The van der Waals surface area contributed by atoms with Crippen molar-refractivity contribution in [3.63, 3.8) is 0 Å². The van der Waals surface area contributed by atoms with Gasteiger partial charge in [0.05, 0.1) is 6.61 Å². The molecule has 0 fully saturated rings. The third-order valence-electron chi connectivity index (χ3n) is 1.57. The summed E-state index contributed by atoms with van der Waals surface area (Å²) in [7, 11) is 1.64. The zero-order valence-corrected chi connectivity index (χ0v) is 10.9. The normalized spacial score (nSPS) is 10.0. The molecule has 0 saturated heterocycles. The molecule has 0 radical (unpaired) electrons. The predicted octanol–water partition coefficient (Wildman–Crippen LogP) is 1.28.